The van der Waals surface area contributed by atoms with E-state index in [1.54, 1.807) is 6.92 Å². The lowest BCUT2D eigenvalue weighted by Crippen LogP contribution is -2.63. The Morgan fingerprint density at radius 3 is 2.24 bits per heavy atom. The number of nitrogens with zero attached hydrogens (tertiary/aromatic N) is 2. The van der Waals surface area contributed by atoms with Crippen LogP contribution in [0.1, 0.15) is 51.0 Å². The summed E-state index contributed by atoms with van der Waals surface area (Å²) in [5.41, 5.74) is 0.841. The number of hydrogen-bond acceptors (Lipinski definition) is 3. The summed E-state index contributed by atoms with van der Waals surface area (Å²) in [5.74, 6) is 1.84. The van der Waals surface area contributed by atoms with Gasteiger partial charge in [0.1, 0.15) is 6.04 Å². The first-order valence-electron chi connectivity index (χ1n) is 10.8. The predicted octanol–water partition coefficient (Wildman–Crippen LogP) is 3.20. The minimum absolute atomic E-state index is 0.112. The van der Waals surface area contributed by atoms with E-state index in [1.165, 1.54) is 19.3 Å². The Labute approximate surface area is 172 Å². The number of amides is 3. The molecule has 29 heavy (non-hydrogen) atoms. The molecule has 154 valence electrons. The van der Waals surface area contributed by atoms with Gasteiger partial charge in [-0.2, -0.15) is 5.26 Å². The minimum atomic E-state index is -0.758. The van der Waals surface area contributed by atoms with E-state index in [0.717, 1.165) is 47.5 Å². The topological polar surface area (TPSA) is 85.2 Å². The molecule has 1 aromatic carbocycles. The average Bonchev–Trinajstić information content (AvgIpc) is 2.67. The maximum absolute atomic E-state index is 13.0. The van der Waals surface area contributed by atoms with Crippen molar-refractivity contribution in [3.05, 3.63) is 35.9 Å². The SMILES string of the molecule is CCN(C#N)C(=O)C(Cc1ccccc1)NC(=O)NC12CC3CC(CC(C3)C1)C2. The number of nitrogens with one attached hydrogen (secondary N) is 2. The fourth-order valence-electron chi connectivity index (χ4n) is 6.21. The molecule has 0 aromatic heterocycles. The molecule has 5 rings (SSSR count). The number of hydrogen-bond donors (Lipinski definition) is 2. The highest BCUT2D eigenvalue weighted by Crippen LogP contribution is 2.55. The van der Waals surface area contributed by atoms with Gasteiger partial charge in [-0.3, -0.25) is 4.79 Å². The Kier molecular flexibility index (Phi) is 5.49. The number of urea groups is 1. The lowest BCUT2D eigenvalue weighted by Gasteiger charge is -2.56. The monoisotopic (exact) mass is 394 g/mol. The van der Waals surface area contributed by atoms with Crippen molar-refractivity contribution in [1.82, 2.24) is 15.5 Å². The Morgan fingerprint density at radius 1 is 1.14 bits per heavy atom. The summed E-state index contributed by atoms with van der Waals surface area (Å²) < 4.78 is 0. The first-order chi connectivity index (χ1) is 14.0. The zero-order valence-corrected chi connectivity index (χ0v) is 17.1. The molecule has 4 aliphatic rings. The second kappa shape index (κ2) is 8.06. The van der Waals surface area contributed by atoms with Gasteiger partial charge in [0.05, 0.1) is 0 Å². The van der Waals surface area contributed by atoms with Crippen molar-refractivity contribution in [2.24, 2.45) is 17.8 Å². The first-order valence-corrected chi connectivity index (χ1v) is 10.8. The normalized spacial score (nSPS) is 30.3. The summed E-state index contributed by atoms with van der Waals surface area (Å²) in [4.78, 5) is 26.9. The van der Waals surface area contributed by atoms with Crippen molar-refractivity contribution in [2.45, 2.75) is 63.5 Å². The van der Waals surface area contributed by atoms with Gasteiger partial charge >= 0.3 is 6.03 Å². The van der Waals surface area contributed by atoms with Gasteiger partial charge in [-0.1, -0.05) is 30.3 Å². The Hall–Kier alpha value is -2.55. The molecule has 1 unspecified atom stereocenters. The fraction of sp³-hybridized carbons (Fsp3) is 0.609. The lowest BCUT2D eigenvalue weighted by molar-refractivity contribution is -0.130. The van der Waals surface area contributed by atoms with Gasteiger partial charge in [-0.25, -0.2) is 9.69 Å². The van der Waals surface area contributed by atoms with E-state index in [0.29, 0.717) is 13.0 Å². The van der Waals surface area contributed by atoms with Gasteiger partial charge in [-0.05, 0) is 68.8 Å². The van der Waals surface area contributed by atoms with Crippen LogP contribution in [0.3, 0.4) is 0 Å². The molecule has 4 fully saturated rings. The zero-order valence-electron chi connectivity index (χ0n) is 17.1. The largest absolute Gasteiger partial charge is 0.333 e. The Morgan fingerprint density at radius 2 is 1.72 bits per heavy atom. The van der Waals surface area contributed by atoms with Crippen LogP contribution in [0, 0.1) is 29.2 Å². The number of carbonyl (C=O) groups is 2. The Balaban J connectivity index is 1.46. The zero-order chi connectivity index (χ0) is 20.4. The third-order valence-corrected chi connectivity index (χ3v) is 7.01. The number of rotatable bonds is 6. The molecule has 1 atom stereocenters. The minimum Gasteiger partial charge on any atom is -0.333 e. The standard InChI is InChI=1S/C23H30N4O2/c1-2-27(15-24)21(28)20(11-16-6-4-3-5-7-16)25-22(29)26-23-12-17-8-18(13-23)10-19(9-17)14-23/h3-7,17-20H,2,8-14H2,1H3,(H2,25,26,29). The molecule has 4 saturated carbocycles. The van der Waals surface area contributed by atoms with Crippen LogP contribution < -0.4 is 10.6 Å². The van der Waals surface area contributed by atoms with Crippen LogP contribution in [0.4, 0.5) is 4.79 Å². The molecule has 0 heterocycles. The number of carbonyl (C=O) groups excluding carboxylic acids is 2. The fourth-order valence-corrected chi connectivity index (χ4v) is 6.21. The van der Waals surface area contributed by atoms with E-state index in [4.69, 9.17) is 0 Å². The van der Waals surface area contributed by atoms with Crippen LogP contribution >= 0.6 is 0 Å². The van der Waals surface area contributed by atoms with Crippen LogP contribution in [0.15, 0.2) is 30.3 Å². The Bertz CT molecular complexity index is 766. The smallest absolute Gasteiger partial charge is 0.315 e. The second-order valence-electron chi connectivity index (χ2n) is 9.22. The van der Waals surface area contributed by atoms with Crippen molar-refractivity contribution < 1.29 is 9.59 Å². The molecule has 4 aliphatic carbocycles. The van der Waals surface area contributed by atoms with Crippen molar-refractivity contribution in [3.63, 3.8) is 0 Å². The molecule has 0 saturated heterocycles. The third kappa shape index (κ3) is 4.24. The molecule has 6 heteroatoms. The quantitative estimate of drug-likeness (QED) is 0.574. The van der Waals surface area contributed by atoms with E-state index >= 15 is 0 Å². The molecule has 0 spiro atoms. The van der Waals surface area contributed by atoms with Crippen molar-refractivity contribution in [2.75, 3.05) is 6.54 Å². The number of benzene rings is 1. The van der Waals surface area contributed by atoms with Crippen LogP contribution in [-0.4, -0.2) is 35.0 Å². The molecular formula is C23H30N4O2. The highest BCUT2D eigenvalue weighted by Gasteiger charge is 2.51. The van der Waals surface area contributed by atoms with Gasteiger partial charge < -0.3 is 10.6 Å². The highest BCUT2D eigenvalue weighted by atomic mass is 16.2. The molecule has 1 aromatic rings. The van der Waals surface area contributed by atoms with Crippen LogP contribution in [0.25, 0.3) is 0 Å². The van der Waals surface area contributed by atoms with Gasteiger partial charge in [0.25, 0.3) is 5.91 Å². The lowest BCUT2D eigenvalue weighted by atomic mass is 9.53. The molecular weight excluding hydrogens is 364 g/mol. The summed E-state index contributed by atoms with van der Waals surface area (Å²) in [6.45, 7) is 2.05. The van der Waals surface area contributed by atoms with Crippen molar-refractivity contribution in [3.8, 4) is 6.19 Å². The van der Waals surface area contributed by atoms with Crippen LogP contribution in [0.2, 0.25) is 0 Å². The molecule has 3 amide bonds. The molecule has 0 aliphatic heterocycles. The van der Waals surface area contributed by atoms with E-state index in [-0.39, 0.29) is 17.5 Å². The van der Waals surface area contributed by atoms with Crippen LogP contribution in [-0.2, 0) is 11.2 Å². The van der Waals surface area contributed by atoms with E-state index in [1.807, 2.05) is 36.5 Å². The van der Waals surface area contributed by atoms with Crippen LogP contribution in [0.5, 0.6) is 0 Å². The van der Waals surface area contributed by atoms with Gasteiger partial charge in [0, 0.05) is 18.5 Å². The van der Waals surface area contributed by atoms with Gasteiger partial charge in [-0.15, -0.1) is 0 Å². The molecule has 4 bridgehead atoms. The maximum atomic E-state index is 13.0. The number of likely N-dealkylation sites (N-methyl/N-ethyl adjacent to an activating group) is 1. The average molecular weight is 395 g/mol. The van der Waals surface area contributed by atoms with Gasteiger partial charge in [0.15, 0.2) is 6.19 Å². The van der Waals surface area contributed by atoms with E-state index in [9.17, 15) is 14.9 Å². The summed E-state index contributed by atoms with van der Waals surface area (Å²) in [5, 5.41) is 15.4. The second-order valence-corrected chi connectivity index (χ2v) is 9.22. The van der Waals surface area contributed by atoms with E-state index in [2.05, 4.69) is 10.6 Å². The third-order valence-electron chi connectivity index (χ3n) is 7.01. The summed E-state index contributed by atoms with van der Waals surface area (Å²) in [6, 6.07) is 8.56. The first kappa shape index (κ1) is 19.8. The highest BCUT2D eigenvalue weighted by molar-refractivity contribution is 5.88. The van der Waals surface area contributed by atoms with Crippen molar-refractivity contribution in [1.29, 1.82) is 5.26 Å². The van der Waals surface area contributed by atoms with Gasteiger partial charge in [0.2, 0.25) is 0 Å². The molecule has 2 N–H and O–H groups in total. The molecule has 0 radical (unpaired) electrons. The number of nitriles is 1. The summed E-state index contributed by atoms with van der Waals surface area (Å²) in [6.07, 6.45) is 9.40. The van der Waals surface area contributed by atoms with E-state index < -0.39 is 6.04 Å². The molecule has 6 nitrogen and oxygen atoms in total. The summed E-state index contributed by atoms with van der Waals surface area (Å²) >= 11 is 0. The predicted molar refractivity (Wildman–Crippen MR) is 110 cm³/mol. The van der Waals surface area contributed by atoms with Crippen molar-refractivity contribution >= 4 is 11.9 Å². The maximum Gasteiger partial charge on any atom is 0.315 e. The summed E-state index contributed by atoms with van der Waals surface area (Å²) in [7, 11) is 0.